The molecule has 6 rings (SSSR count). The quantitative estimate of drug-likeness (QED) is 0.382. The molecule has 2 heterocycles. The number of hydrogen-bond acceptors (Lipinski definition) is 6. The van der Waals surface area contributed by atoms with Crippen LogP contribution in [0.4, 0.5) is 11.4 Å². The third kappa shape index (κ3) is 3.27. The third-order valence-corrected chi connectivity index (χ3v) is 7.69. The van der Waals surface area contributed by atoms with E-state index in [1.807, 2.05) is 0 Å². The number of nitrogens with zero attached hydrogens (tertiary/aromatic N) is 1. The summed E-state index contributed by atoms with van der Waals surface area (Å²) in [5.74, 6) is -5.09. The Bertz CT molecular complexity index is 1480. The molecule has 2 fully saturated rings. The highest BCUT2D eigenvalue weighted by Gasteiger charge is 2.74. The van der Waals surface area contributed by atoms with E-state index in [0.29, 0.717) is 11.3 Å². The van der Waals surface area contributed by atoms with E-state index in [2.05, 4.69) is 21.2 Å². The van der Waals surface area contributed by atoms with Crippen LogP contribution in [0.25, 0.3) is 0 Å². The molecule has 0 bridgehead atoms. The van der Waals surface area contributed by atoms with Crippen molar-refractivity contribution in [1.29, 1.82) is 0 Å². The molecule has 184 valence electrons. The lowest BCUT2D eigenvalue weighted by molar-refractivity contribution is -0.127. The number of benzene rings is 3. The van der Waals surface area contributed by atoms with E-state index in [4.69, 9.17) is 4.74 Å². The monoisotopic (exact) mass is 558 g/mol. The molecule has 0 aromatic heterocycles. The molecular weight excluding hydrogens is 540 g/mol. The summed E-state index contributed by atoms with van der Waals surface area (Å²) in [6, 6.07) is 19.6. The number of hydrogen-bond donors (Lipinski definition) is 1. The van der Waals surface area contributed by atoms with Crippen molar-refractivity contribution in [2.24, 2.45) is 11.8 Å². The van der Waals surface area contributed by atoms with E-state index in [1.165, 1.54) is 31.2 Å². The van der Waals surface area contributed by atoms with E-state index in [-0.39, 0.29) is 22.7 Å². The van der Waals surface area contributed by atoms with Crippen LogP contribution in [0.1, 0.15) is 39.3 Å². The predicted octanol–water partition coefficient (Wildman–Crippen LogP) is 4.10. The van der Waals surface area contributed by atoms with Gasteiger partial charge in [0.15, 0.2) is 0 Å². The molecule has 1 N–H and O–H groups in total. The number of Topliss-reactive ketones (excluding diaryl/α,β-unsaturated/α-hetero) is 2. The van der Waals surface area contributed by atoms with Gasteiger partial charge in [0.05, 0.1) is 23.6 Å². The Morgan fingerprint density at radius 2 is 1.46 bits per heavy atom. The predicted molar refractivity (Wildman–Crippen MR) is 136 cm³/mol. The number of carbonyl (C=O) groups is 5. The first-order chi connectivity index (χ1) is 17.7. The second-order valence-corrected chi connectivity index (χ2v) is 10.2. The van der Waals surface area contributed by atoms with Gasteiger partial charge in [0, 0.05) is 28.2 Å². The van der Waals surface area contributed by atoms with Crippen LogP contribution >= 0.6 is 15.9 Å². The van der Waals surface area contributed by atoms with E-state index in [0.717, 1.165) is 9.37 Å². The van der Waals surface area contributed by atoms with Gasteiger partial charge in [0.1, 0.15) is 0 Å². The van der Waals surface area contributed by atoms with Crippen molar-refractivity contribution in [2.75, 3.05) is 10.2 Å². The molecule has 3 aromatic rings. The minimum Gasteiger partial charge on any atom is -0.349 e. The van der Waals surface area contributed by atoms with E-state index >= 15 is 0 Å². The summed E-state index contributed by atoms with van der Waals surface area (Å²) in [6.07, 6.45) is -0.986. The van der Waals surface area contributed by atoms with Crippen LogP contribution in [-0.2, 0) is 19.1 Å². The molecule has 3 aliphatic rings. The number of fused-ring (bicyclic) bond motifs is 3. The number of nitrogens with one attached hydrogen (secondary N) is 1. The van der Waals surface area contributed by atoms with E-state index in [9.17, 15) is 24.0 Å². The number of halogens is 1. The Hall–Kier alpha value is -3.95. The molecule has 0 unspecified atom stereocenters. The number of anilines is 2. The van der Waals surface area contributed by atoms with Crippen molar-refractivity contribution in [1.82, 2.24) is 0 Å². The molecule has 37 heavy (non-hydrogen) atoms. The summed E-state index contributed by atoms with van der Waals surface area (Å²) in [5, 5.41) is 2.64. The van der Waals surface area contributed by atoms with Crippen LogP contribution in [0.2, 0.25) is 0 Å². The lowest BCUT2D eigenvalue weighted by atomic mass is 9.77. The number of ether oxygens (including phenoxy) is 1. The maximum absolute atomic E-state index is 13.9. The van der Waals surface area contributed by atoms with Crippen LogP contribution in [0, 0.1) is 11.8 Å². The molecule has 0 saturated carbocycles. The number of amides is 3. The molecule has 2 saturated heterocycles. The van der Waals surface area contributed by atoms with Crippen molar-refractivity contribution >= 4 is 56.6 Å². The molecule has 2 aliphatic heterocycles. The van der Waals surface area contributed by atoms with Gasteiger partial charge in [-0.25, -0.2) is 4.90 Å². The van der Waals surface area contributed by atoms with Crippen molar-refractivity contribution in [2.45, 2.75) is 18.6 Å². The average molecular weight is 559 g/mol. The maximum Gasteiger partial charge on any atom is 0.241 e. The first-order valence-electron chi connectivity index (χ1n) is 11.6. The summed E-state index contributed by atoms with van der Waals surface area (Å²) in [7, 11) is 0. The van der Waals surface area contributed by atoms with Gasteiger partial charge in [-0.15, -0.1) is 0 Å². The fourth-order valence-corrected chi connectivity index (χ4v) is 5.89. The van der Waals surface area contributed by atoms with Gasteiger partial charge in [0.2, 0.25) is 34.9 Å². The summed E-state index contributed by atoms with van der Waals surface area (Å²) in [4.78, 5) is 67.7. The highest BCUT2D eigenvalue weighted by molar-refractivity contribution is 9.10. The topological polar surface area (TPSA) is 110 Å². The number of rotatable bonds is 3. The molecule has 9 heteroatoms. The normalized spacial score (nSPS) is 23.5. The standard InChI is InChI=1S/C28H19BrN2O6/c1-14(32)30-17-10-12-18(13-11-17)31-26(35)21-22(27(31)36)28(37-23(21)15-6-8-16(29)9-7-15)24(33)19-4-2-3-5-20(19)25(28)34/h2-13,21-23H,1H3,(H,30,32)/t21-,22+,23+/m1/s1. The number of ketones is 2. The Labute approximate surface area is 219 Å². The first kappa shape index (κ1) is 23.4. The van der Waals surface area contributed by atoms with Crippen molar-refractivity contribution in [3.05, 3.63) is 94.0 Å². The largest absolute Gasteiger partial charge is 0.349 e. The van der Waals surface area contributed by atoms with Crippen molar-refractivity contribution in [3.8, 4) is 0 Å². The van der Waals surface area contributed by atoms with Gasteiger partial charge in [-0.2, -0.15) is 0 Å². The lowest BCUT2D eigenvalue weighted by Crippen LogP contribution is -2.51. The van der Waals surface area contributed by atoms with Crippen LogP contribution < -0.4 is 10.2 Å². The van der Waals surface area contributed by atoms with Crippen LogP contribution in [0.5, 0.6) is 0 Å². The number of carbonyl (C=O) groups excluding carboxylic acids is 5. The molecule has 3 atom stereocenters. The Kier molecular flexibility index (Phi) is 5.25. The van der Waals surface area contributed by atoms with Crippen molar-refractivity contribution < 1.29 is 28.7 Å². The fraction of sp³-hybridized carbons (Fsp3) is 0.179. The molecule has 1 aliphatic carbocycles. The highest BCUT2D eigenvalue weighted by Crippen LogP contribution is 2.57. The van der Waals surface area contributed by atoms with Crippen LogP contribution in [0.3, 0.4) is 0 Å². The zero-order valence-electron chi connectivity index (χ0n) is 19.4. The molecule has 8 nitrogen and oxygen atoms in total. The minimum atomic E-state index is -2.12. The second kappa shape index (κ2) is 8.29. The summed E-state index contributed by atoms with van der Waals surface area (Å²) >= 11 is 3.39. The van der Waals surface area contributed by atoms with Gasteiger partial charge in [-0.1, -0.05) is 52.3 Å². The Balaban J connectivity index is 1.48. The zero-order chi connectivity index (χ0) is 26.1. The number of imide groups is 1. The average Bonchev–Trinajstić information content (AvgIpc) is 3.45. The van der Waals surface area contributed by atoms with Gasteiger partial charge in [0.25, 0.3) is 0 Å². The van der Waals surface area contributed by atoms with Crippen molar-refractivity contribution in [3.63, 3.8) is 0 Å². The Morgan fingerprint density at radius 1 is 0.865 bits per heavy atom. The first-order valence-corrected chi connectivity index (χ1v) is 12.4. The molecule has 1 spiro atoms. The van der Waals surface area contributed by atoms with Gasteiger partial charge >= 0.3 is 0 Å². The lowest BCUT2D eigenvalue weighted by Gasteiger charge is -2.27. The third-order valence-electron chi connectivity index (χ3n) is 7.16. The van der Waals surface area contributed by atoms with Gasteiger partial charge < -0.3 is 10.1 Å². The molecular formula is C28H19BrN2O6. The van der Waals surface area contributed by atoms with Gasteiger partial charge in [-0.05, 0) is 42.0 Å². The fourth-order valence-electron chi connectivity index (χ4n) is 5.62. The molecule has 3 aromatic carbocycles. The maximum atomic E-state index is 13.9. The van der Waals surface area contributed by atoms with E-state index < -0.39 is 46.9 Å². The van der Waals surface area contributed by atoms with E-state index in [1.54, 1.807) is 48.5 Å². The zero-order valence-corrected chi connectivity index (χ0v) is 21.0. The summed E-state index contributed by atoms with van der Waals surface area (Å²) in [5.41, 5.74) is -0.403. The summed E-state index contributed by atoms with van der Waals surface area (Å²) < 4.78 is 7.07. The SMILES string of the molecule is CC(=O)Nc1ccc(N2C(=O)[C@@H]3[C@@H](C2=O)C2(O[C@H]3c3ccc(Br)cc3)C(=O)c3ccccc3C2=O)cc1. The highest BCUT2D eigenvalue weighted by atomic mass is 79.9. The van der Waals surface area contributed by atoms with Gasteiger partial charge in [-0.3, -0.25) is 24.0 Å². The second-order valence-electron chi connectivity index (χ2n) is 9.27. The molecule has 0 radical (unpaired) electrons. The Morgan fingerprint density at radius 3 is 2.03 bits per heavy atom. The molecule has 3 amide bonds. The minimum absolute atomic E-state index is 0.182. The smallest absolute Gasteiger partial charge is 0.241 e. The van der Waals surface area contributed by atoms with Crippen LogP contribution in [-0.4, -0.2) is 34.9 Å². The van der Waals surface area contributed by atoms with Crippen LogP contribution in [0.15, 0.2) is 77.3 Å². The summed E-state index contributed by atoms with van der Waals surface area (Å²) in [6.45, 7) is 1.37.